The number of allylic oxidation sites excluding steroid dienone is 19. The first-order valence-electron chi connectivity index (χ1n) is 35.9. The summed E-state index contributed by atoms with van der Waals surface area (Å²) in [4.78, 5) is 25.7. The minimum Gasteiger partial charge on any atom is -0.756 e. The Morgan fingerprint density at radius 3 is 1.03 bits per heavy atom. The van der Waals surface area contributed by atoms with E-state index < -0.39 is 26.6 Å². The van der Waals surface area contributed by atoms with Crippen LogP contribution in [-0.4, -0.2) is 68.5 Å². The average molecular weight is 1220 g/mol. The van der Waals surface area contributed by atoms with Crippen LogP contribution in [0.1, 0.15) is 309 Å². The summed E-state index contributed by atoms with van der Waals surface area (Å²) in [5.41, 5.74) is 0. The smallest absolute Gasteiger partial charge is 0.268 e. The molecule has 0 aliphatic rings. The highest BCUT2D eigenvalue weighted by molar-refractivity contribution is 7.45. The molecule has 496 valence electrons. The van der Waals surface area contributed by atoms with E-state index in [1.165, 1.54) is 180 Å². The van der Waals surface area contributed by atoms with Crippen molar-refractivity contribution in [3.63, 3.8) is 0 Å². The molecule has 0 aromatic rings. The van der Waals surface area contributed by atoms with Crippen molar-refractivity contribution >= 4 is 13.7 Å². The summed E-state index contributed by atoms with van der Waals surface area (Å²) in [5.74, 6) is -0.210. The van der Waals surface area contributed by atoms with E-state index in [-0.39, 0.29) is 12.5 Å². The Kier molecular flexibility index (Phi) is 63.9. The number of hydrogen-bond acceptors (Lipinski definition) is 6. The highest BCUT2D eigenvalue weighted by atomic mass is 31.2. The van der Waals surface area contributed by atoms with E-state index in [9.17, 15) is 19.4 Å². The van der Waals surface area contributed by atoms with Crippen molar-refractivity contribution in [3.8, 4) is 0 Å². The number of nitrogens with one attached hydrogen (secondary N) is 1. The molecule has 0 aromatic carbocycles. The Bertz CT molecular complexity index is 1820. The number of carbonyl (C=O) groups excluding carboxylic acids is 1. The van der Waals surface area contributed by atoms with Gasteiger partial charge in [-0.05, 0) is 89.9 Å². The molecule has 0 aliphatic carbocycles. The van der Waals surface area contributed by atoms with Crippen LogP contribution in [0.25, 0.3) is 0 Å². The fraction of sp³-hybridized carbons (Fsp3) is 0.727. The van der Waals surface area contributed by atoms with Gasteiger partial charge in [-0.3, -0.25) is 9.36 Å². The first-order chi connectivity index (χ1) is 42.0. The summed E-state index contributed by atoms with van der Waals surface area (Å²) in [5, 5.41) is 14.0. The standard InChI is InChI=1S/C77H137N2O6P/c1-6-8-10-12-14-16-18-20-22-24-26-28-30-32-34-36-37-38-39-40-41-43-45-47-49-51-53-55-57-59-61-63-65-67-69-71-77(81)78-75(74-85-86(82,83)84-73-72-79(3,4)5)76(80)70-68-66-64-62-60-58-56-54-52-50-48-46-44-42-35-33-31-29-27-25-23-21-19-17-15-13-11-9-7-2/h8,10,14,16,20,22,26,28,32,34,37-38,40-41,45,47,51,53,68,70,75-76,80H,6-7,9,11-13,15,17-19,21,23-25,27,29-31,33,35-36,39,42-44,46,48-50,52,54-67,69,71-74H2,1-5H3,(H-,78,81,82,83)/b10-8-,16-14-,22-20-,28-26-,34-32-,38-37-,41-40-,47-45-,53-51-,70-68+. The lowest BCUT2D eigenvalue weighted by Crippen LogP contribution is -2.45. The van der Waals surface area contributed by atoms with Gasteiger partial charge >= 0.3 is 0 Å². The van der Waals surface area contributed by atoms with E-state index in [0.717, 1.165) is 109 Å². The van der Waals surface area contributed by atoms with Gasteiger partial charge in [0.05, 0.1) is 39.9 Å². The molecule has 86 heavy (non-hydrogen) atoms. The normalized spacial score (nSPS) is 14.4. The number of unbranched alkanes of at least 4 members (excludes halogenated alkanes) is 34. The van der Waals surface area contributed by atoms with Crippen LogP contribution in [0.3, 0.4) is 0 Å². The van der Waals surface area contributed by atoms with Gasteiger partial charge in [0, 0.05) is 6.42 Å². The van der Waals surface area contributed by atoms with Crippen molar-refractivity contribution < 1.29 is 32.9 Å². The molecule has 8 nitrogen and oxygen atoms in total. The Labute approximate surface area is 533 Å². The van der Waals surface area contributed by atoms with Gasteiger partial charge in [0.1, 0.15) is 13.2 Å². The molecular weight excluding hydrogens is 1080 g/mol. The molecule has 0 spiro atoms. The predicted octanol–water partition coefficient (Wildman–Crippen LogP) is 22.6. The van der Waals surface area contributed by atoms with Crippen molar-refractivity contribution in [2.75, 3.05) is 40.9 Å². The fourth-order valence-corrected chi connectivity index (χ4v) is 10.9. The Morgan fingerprint density at radius 2 is 0.709 bits per heavy atom. The number of carbonyl (C=O) groups is 1. The summed E-state index contributed by atoms with van der Waals surface area (Å²) in [7, 11) is 1.24. The van der Waals surface area contributed by atoms with Crippen molar-refractivity contribution in [1.29, 1.82) is 0 Å². The monoisotopic (exact) mass is 1220 g/mol. The number of quaternary nitrogens is 1. The molecule has 3 atom stereocenters. The van der Waals surface area contributed by atoms with Gasteiger partial charge in [-0.25, -0.2) is 0 Å². The number of nitrogens with zero attached hydrogens (tertiary/aromatic N) is 1. The number of amides is 1. The number of likely N-dealkylation sites (N-methyl/N-ethyl adjacent to an activating group) is 1. The first-order valence-corrected chi connectivity index (χ1v) is 37.4. The molecule has 0 bridgehead atoms. The van der Waals surface area contributed by atoms with E-state index in [1.807, 2.05) is 27.2 Å². The molecule has 0 saturated carbocycles. The number of hydrogen-bond donors (Lipinski definition) is 2. The number of phosphoric ester groups is 1. The lowest BCUT2D eigenvalue weighted by atomic mass is 10.0. The molecular formula is C77H137N2O6P. The van der Waals surface area contributed by atoms with Gasteiger partial charge in [-0.1, -0.05) is 334 Å². The zero-order valence-corrected chi connectivity index (χ0v) is 57.6. The number of aliphatic hydroxyl groups excluding tert-OH is 1. The van der Waals surface area contributed by atoms with E-state index in [0.29, 0.717) is 17.4 Å². The molecule has 0 aromatic heterocycles. The predicted molar refractivity (Wildman–Crippen MR) is 375 cm³/mol. The lowest BCUT2D eigenvalue weighted by molar-refractivity contribution is -0.870. The minimum atomic E-state index is -4.62. The van der Waals surface area contributed by atoms with Crippen molar-refractivity contribution in [2.45, 2.75) is 321 Å². The highest BCUT2D eigenvalue weighted by Crippen LogP contribution is 2.38. The molecule has 1 amide bonds. The van der Waals surface area contributed by atoms with Crippen LogP contribution in [0.4, 0.5) is 0 Å². The Morgan fingerprint density at radius 1 is 0.419 bits per heavy atom. The van der Waals surface area contributed by atoms with Crippen molar-refractivity contribution in [3.05, 3.63) is 122 Å². The van der Waals surface area contributed by atoms with Crippen LogP contribution in [0, 0.1) is 0 Å². The van der Waals surface area contributed by atoms with Gasteiger partial charge in [-0.15, -0.1) is 0 Å². The van der Waals surface area contributed by atoms with Crippen LogP contribution in [-0.2, 0) is 18.4 Å². The second kappa shape index (κ2) is 66.3. The summed E-state index contributed by atoms with van der Waals surface area (Å²) in [6.45, 7) is 4.55. The van der Waals surface area contributed by atoms with Gasteiger partial charge in [0.2, 0.25) is 5.91 Å². The molecule has 0 heterocycles. The van der Waals surface area contributed by atoms with E-state index in [1.54, 1.807) is 6.08 Å². The number of aliphatic hydroxyl groups is 1. The fourth-order valence-electron chi connectivity index (χ4n) is 10.1. The summed E-state index contributed by atoms with van der Waals surface area (Å²) >= 11 is 0. The maximum Gasteiger partial charge on any atom is 0.268 e. The van der Waals surface area contributed by atoms with E-state index >= 15 is 0 Å². The van der Waals surface area contributed by atoms with Crippen LogP contribution >= 0.6 is 7.82 Å². The van der Waals surface area contributed by atoms with Crippen LogP contribution in [0.15, 0.2) is 122 Å². The van der Waals surface area contributed by atoms with Crippen molar-refractivity contribution in [2.24, 2.45) is 0 Å². The van der Waals surface area contributed by atoms with Gasteiger partial charge in [0.25, 0.3) is 7.82 Å². The molecule has 0 radical (unpaired) electrons. The summed E-state index contributed by atoms with van der Waals surface area (Å²) in [6, 6.07) is -0.904. The highest BCUT2D eigenvalue weighted by Gasteiger charge is 2.23. The minimum absolute atomic E-state index is 0.00886. The molecule has 0 saturated heterocycles. The number of phosphoric acid groups is 1. The lowest BCUT2D eigenvalue weighted by Gasteiger charge is -2.29. The Balaban J connectivity index is 4.15. The maximum absolute atomic E-state index is 13.0. The summed E-state index contributed by atoms with van der Waals surface area (Å²) < 4.78 is 23.5. The molecule has 0 aliphatic heterocycles. The average Bonchev–Trinajstić information content (AvgIpc) is 3.70. The van der Waals surface area contributed by atoms with Gasteiger partial charge < -0.3 is 28.8 Å². The second-order valence-electron chi connectivity index (χ2n) is 25.2. The Hall–Kier alpha value is -3.10. The van der Waals surface area contributed by atoms with Gasteiger partial charge in [-0.2, -0.15) is 0 Å². The third kappa shape index (κ3) is 68.4. The van der Waals surface area contributed by atoms with Crippen LogP contribution in [0.2, 0.25) is 0 Å². The topological polar surface area (TPSA) is 108 Å². The first kappa shape index (κ1) is 82.9. The SMILES string of the molecule is CC/C=C\C/C=C\C/C=C\C/C=C\C/C=C\C/C=C\C/C=C\C/C=C\C/C=C\CCCCCCCCCC(=O)NC(COP(=O)([O-])OCC[N+](C)(C)C)C(O)/C=C/CCCCCCCCCCCCCCCCCCCCCCCCCCCCC. The maximum atomic E-state index is 13.0. The molecule has 9 heteroatoms. The third-order valence-electron chi connectivity index (χ3n) is 15.7. The summed E-state index contributed by atoms with van der Waals surface area (Å²) in [6.07, 6.45) is 98.9. The van der Waals surface area contributed by atoms with E-state index in [2.05, 4.69) is 129 Å². The van der Waals surface area contributed by atoms with Crippen molar-refractivity contribution in [1.82, 2.24) is 5.32 Å². The zero-order valence-electron chi connectivity index (χ0n) is 56.7. The molecule has 0 rings (SSSR count). The molecule has 3 unspecified atom stereocenters. The largest absolute Gasteiger partial charge is 0.756 e. The second-order valence-corrected chi connectivity index (χ2v) is 26.6. The zero-order chi connectivity index (χ0) is 62.6. The number of rotatable bonds is 65. The molecule has 2 N–H and O–H groups in total. The van der Waals surface area contributed by atoms with Gasteiger partial charge in [0.15, 0.2) is 0 Å². The van der Waals surface area contributed by atoms with Crippen LogP contribution < -0.4 is 10.2 Å². The van der Waals surface area contributed by atoms with E-state index in [4.69, 9.17) is 9.05 Å². The third-order valence-corrected chi connectivity index (χ3v) is 16.6. The quantitative estimate of drug-likeness (QED) is 0.0272. The molecule has 0 fully saturated rings. The van der Waals surface area contributed by atoms with Crippen LogP contribution in [0.5, 0.6) is 0 Å².